The lowest BCUT2D eigenvalue weighted by Gasteiger charge is -2.13. The van der Waals surface area contributed by atoms with E-state index in [9.17, 15) is 0 Å². The van der Waals surface area contributed by atoms with Crippen LogP contribution in [0.1, 0.15) is 24.0 Å². The van der Waals surface area contributed by atoms with E-state index in [0.717, 1.165) is 17.6 Å². The highest BCUT2D eigenvalue weighted by Crippen LogP contribution is 2.14. The zero-order chi connectivity index (χ0) is 12.8. The first kappa shape index (κ1) is 13.3. The van der Waals surface area contributed by atoms with E-state index in [-0.39, 0.29) is 0 Å². The molecule has 2 rings (SSSR count). The number of halogens is 1. The number of hydrogen-bond donors (Lipinski definition) is 1. The van der Waals surface area contributed by atoms with Gasteiger partial charge in [-0.25, -0.2) is 0 Å². The van der Waals surface area contributed by atoms with Crippen molar-refractivity contribution < 1.29 is 0 Å². The summed E-state index contributed by atoms with van der Waals surface area (Å²) in [6.45, 7) is 4.18. The van der Waals surface area contributed by atoms with Gasteiger partial charge in [0.15, 0.2) is 0 Å². The van der Waals surface area contributed by atoms with Crippen LogP contribution in [0.2, 0.25) is 0 Å². The van der Waals surface area contributed by atoms with Crippen molar-refractivity contribution in [2.75, 3.05) is 6.54 Å². The van der Waals surface area contributed by atoms with Gasteiger partial charge in [-0.1, -0.05) is 65.3 Å². The highest BCUT2D eigenvalue weighted by atomic mass is 79.9. The van der Waals surface area contributed by atoms with Gasteiger partial charge in [0.2, 0.25) is 0 Å². The average molecular weight is 304 g/mol. The van der Waals surface area contributed by atoms with E-state index in [1.807, 2.05) is 0 Å². The van der Waals surface area contributed by atoms with E-state index in [0.29, 0.717) is 5.92 Å². The van der Waals surface area contributed by atoms with Gasteiger partial charge in [-0.05, 0) is 29.2 Å². The summed E-state index contributed by atoms with van der Waals surface area (Å²) < 4.78 is 1.13. The molecule has 0 aliphatic carbocycles. The SMILES string of the molecule is CC(CNCc1ccc(Br)cc1)c1ccccc1. The van der Waals surface area contributed by atoms with Crippen LogP contribution in [0, 0.1) is 0 Å². The van der Waals surface area contributed by atoms with E-state index in [2.05, 4.69) is 82.8 Å². The number of nitrogens with one attached hydrogen (secondary N) is 1. The van der Waals surface area contributed by atoms with Crippen LogP contribution in [-0.4, -0.2) is 6.54 Å². The van der Waals surface area contributed by atoms with Gasteiger partial charge in [-0.3, -0.25) is 0 Å². The quantitative estimate of drug-likeness (QED) is 0.866. The minimum atomic E-state index is 0.543. The van der Waals surface area contributed by atoms with E-state index in [1.54, 1.807) is 0 Å². The molecule has 0 fully saturated rings. The second-order valence-corrected chi connectivity index (χ2v) is 5.48. The Kier molecular flexibility index (Phi) is 4.97. The Bertz CT molecular complexity index is 464. The zero-order valence-electron chi connectivity index (χ0n) is 10.6. The average Bonchev–Trinajstić information content (AvgIpc) is 2.42. The van der Waals surface area contributed by atoms with Crippen molar-refractivity contribution in [3.63, 3.8) is 0 Å². The first-order chi connectivity index (χ1) is 8.75. The second kappa shape index (κ2) is 6.72. The Labute approximate surface area is 117 Å². The largest absolute Gasteiger partial charge is 0.312 e. The van der Waals surface area contributed by atoms with Crippen LogP contribution < -0.4 is 5.32 Å². The molecule has 0 spiro atoms. The van der Waals surface area contributed by atoms with Gasteiger partial charge in [-0.2, -0.15) is 0 Å². The van der Waals surface area contributed by atoms with E-state index in [1.165, 1.54) is 11.1 Å². The van der Waals surface area contributed by atoms with Crippen LogP contribution >= 0.6 is 15.9 Å². The minimum Gasteiger partial charge on any atom is -0.312 e. The molecule has 18 heavy (non-hydrogen) atoms. The van der Waals surface area contributed by atoms with Crippen molar-refractivity contribution in [1.82, 2.24) is 5.32 Å². The second-order valence-electron chi connectivity index (χ2n) is 4.57. The van der Waals surface area contributed by atoms with Crippen molar-refractivity contribution in [2.45, 2.75) is 19.4 Å². The molecule has 2 aromatic rings. The van der Waals surface area contributed by atoms with Gasteiger partial charge in [0.25, 0.3) is 0 Å². The summed E-state index contributed by atoms with van der Waals surface area (Å²) in [6.07, 6.45) is 0. The number of rotatable bonds is 5. The summed E-state index contributed by atoms with van der Waals surface area (Å²) in [5, 5.41) is 3.50. The zero-order valence-corrected chi connectivity index (χ0v) is 12.2. The molecule has 0 saturated heterocycles. The lowest BCUT2D eigenvalue weighted by Crippen LogP contribution is -2.19. The Balaban J connectivity index is 1.80. The van der Waals surface area contributed by atoms with Crippen LogP contribution in [0.15, 0.2) is 59.1 Å². The molecule has 0 heterocycles. The van der Waals surface area contributed by atoms with E-state index in [4.69, 9.17) is 0 Å². The van der Waals surface area contributed by atoms with Gasteiger partial charge in [0.05, 0.1) is 0 Å². The molecule has 0 aliphatic rings. The van der Waals surface area contributed by atoms with E-state index >= 15 is 0 Å². The fourth-order valence-electron chi connectivity index (χ4n) is 1.93. The predicted molar refractivity (Wildman–Crippen MR) is 80.7 cm³/mol. The molecule has 0 bridgehead atoms. The lowest BCUT2D eigenvalue weighted by molar-refractivity contribution is 0.615. The van der Waals surface area contributed by atoms with Crippen LogP contribution in [0.3, 0.4) is 0 Å². The molecule has 1 N–H and O–H groups in total. The fraction of sp³-hybridized carbons (Fsp3) is 0.250. The summed E-state index contributed by atoms with van der Waals surface area (Å²) in [4.78, 5) is 0. The topological polar surface area (TPSA) is 12.0 Å². The van der Waals surface area contributed by atoms with Crippen LogP contribution in [0.5, 0.6) is 0 Å². The highest BCUT2D eigenvalue weighted by Gasteiger charge is 2.03. The smallest absolute Gasteiger partial charge is 0.0205 e. The number of hydrogen-bond acceptors (Lipinski definition) is 1. The van der Waals surface area contributed by atoms with Gasteiger partial charge in [0.1, 0.15) is 0 Å². The van der Waals surface area contributed by atoms with Crippen LogP contribution in [0.25, 0.3) is 0 Å². The molecule has 0 amide bonds. The monoisotopic (exact) mass is 303 g/mol. The molecule has 1 unspecified atom stereocenters. The van der Waals surface area contributed by atoms with Gasteiger partial charge in [0, 0.05) is 17.6 Å². The first-order valence-electron chi connectivity index (χ1n) is 6.26. The van der Waals surface area contributed by atoms with Crippen molar-refractivity contribution in [3.8, 4) is 0 Å². The summed E-state index contributed by atoms with van der Waals surface area (Å²) in [5.74, 6) is 0.543. The third-order valence-electron chi connectivity index (χ3n) is 3.06. The molecule has 1 atom stereocenters. The maximum atomic E-state index is 3.50. The Morgan fingerprint density at radius 2 is 1.67 bits per heavy atom. The molecular weight excluding hydrogens is 286 g/mol. The maximum absolute atomic E-state index is 3.50. The fourth-order valence-corrected chi connectivity index (χ4v) is 2.20. The first-order valence-corrected chi connectivity index (χ1v) is 7.05. The third kappa shape index (κ3) is 3.97. The molecule has 0 aromatic heterocycles. The molecule has 94 valence electrons. The Morgan fingerprint density at radius 3 is 2.33 bits per heavy atom. The minimum absolute atomic E-state index is 0.543. The molecule has 0 aliphatic heterocycles. The van der Waals surface area contributed by atoms with Crippen LogP contribution in [-0.2, 0) is 6.54 Å². The van der Waals surface area contributed by atoms with Crippen molar-refractivity contribution in [1.29, 1.82) is 0 Å². The number of benzene rings is 2. The van der Waals surface area contributed by atoms with Crippen molar-refractivity contribution in [3.05, 3.63) is 70.2 Å². The summed E-state index contributed by atoms with van der Waals surface area (Å²) in [6, 6.07) is 19.1. The molecule has 2 heteroatoms. The van der Waals surface area contributed by atoms with Crippen molar-refractivity contribution >= 4 is 15.9 Å². The summed E-state index contributed by atoms with van der Waals surface area (Å²) in [7, 11) is 0. The molecule has 2 aromatic carbocycles. The third-order valence-corrected chi connectivity index (χ3v) is 3.59. The lowest BCUT2D eigenvalue weighted by atomic mass is 10.0. The highest BCUT2D eigenvalue weighted by molar-refractivity contribution is 9.10. The Hall–Kier alpha value is -1.12. The normalized spacial score (nSPS) is 12.3. The van der Waals surface area contributed by atoms with Gasteiger partial charge >= 0.3 is 0 Å². The Morgan fingerprint density at radius 1 is 1.00 bits per heavy atom. The van der Waals surface area contributed by atoms with Gasteiger partial charge < -0.3 is 5.32 Å². The maximum Gasteiger partial charge on any atom is 0.0205 e. The standard InChI is InChI=1S/C16H18BrN/c1-13(15-5-3-2-4-6-15)11-18-12-14-7-9-16(17)10-8-14/h2-10,13,18H,11-12H2,1H3. The van der Waals surface area contributed by atoms with Crippen molar-refractivity contribution in [2.24, 2.45) is 0 Å². The molecule has 1 nitrogen and oxygen atoms in total. The summed E-state index contributed by atoms with van der Waals surface area (Å²) >= 11 is 3.45. The van der Waals surface area contributed by atoms with E-state index < -0.39 is 0 Å². The molecule has 0 saturated carbocycles. The molecule has 0 radical (unpaired) electrons. The van der Waals surface area contributed by atoms with Gasteiger partial charge in [-0.15, -0.1) is 0 Å². The summed E-state index contributed by atoms with van der Waals surface area (Å²) in [5.41, 5.74) is 2.71. The molecular formula is C16H18BrN. The predicted octanol–water partition coefficient (Wildman–Crippen LogP) is 4.34. The van der Waals surface area contributed by atoms with Crippen LogP contribution in [0.4, 0.5) is 0 Å².